The third-order valence-electron chi connectivity index (χ3n) is 2.98. The Morgan fingerprint density at radius 2 is 2.10 bits per heavy atom. The first-order valence-electron chi connectivity index (χ1n) is 6.58. The minimum absolute atomic E-state index is 0.0226. The maximum Gasteiger partial charge on any atom is 0.340 e. The van der Waals surface area contributed by atoms with E-state index in [1.807, 2.05) is 0 Å². The summed E-state index contributed by atoms with van der Waals surface area (Å²) in [6.45, 7) is 2.19. The van der Waals surface area contributed by atoms with E-state index in [-0.39, 0.29) is 35.9 Å². The number of nitrogens with two attached hydrogens (primary N) is 1. The van der Waals surface area contributed by atoms with Gasteiger partial charge in [0.25, 0.3) is 0 Å². The molecule has 1 rings (SSSR count). The molecule has 0 aliphatic heterocycles. The highest BCUT2D eigenvalue weighted by Gasteiger charge is 2.17. The van der Waals surface area contributed by atoms with Crippen LogP contribution in [0.2, 0.25) is 0 Å². The van der Waals surface area contributed by atoms with Crippen molar-refractivity contribution in [1.29, 1.82) is 0 Å². The number of nitrogens with one attached hydrogen (secondary N) is 1. The molecule has 0 unspecified atom stereocenters. The van der Waals surface area contributed by atoms with E-state index in [4.69, 9.17) is 10.5 Å². The van der Waals surface area contributed by atoms with Crippen molar-refractivity contribution in [3.05, 3.63) is 23.5 Å². The minimum atomic E-state index is -0.601. The largest absolute Gasteiger partial charge is 0.462 e. The molecule has 0 aliphatic carbocycles. The fraction of sp³-hybridized carbons (Fsp3) is 0.429. The standard InChI is InChI=1S/C14H20FN3O3/c1-4-21-14(20)9-7-12(10(15)8-11(9)16)18(3)6-5-13(19)17-2/h7-8H,4-6,16H2,1-3H3,(H,17,19). The summed E-state index contributed by atoms with van der Waals surface area (Å²) in [6, 6.07) is 2.42. The molecule has 1 aromatic rings. The van der Waals surface area contributed by atoms with Gasteiger partial charge in [0, 0.05) is 32.7 Å². The van der Waals surface area contributed by atoms with E-state index in [1.54, 1.807) is 18.9 Å². The molecule has 7 heteroatoms. The number of esters is 1. The van der Waals surface area contributed by atoms with Gasteiger partial charge in [0.2, 0.25) is 5.91 Å². The molecule has 0 atom stereocenters. The highest BCUT2D eigenvalue weighted by molar-refractivity contribution is 5.96. The van der Waals surface area contributed by atoms with Gasteiger partial charge in [-0.15, -0.1) is 0 Å². The van der Waals surface area contributed by atoms with Gasteiger partial charge in [0.05, 0.1) is 17.9 Å². The molecule has 0 saturated heterocycles. The Morgan fingerprint density at radius 1 is 1.43 bits per heavy atom. The molecule has 116 valence electrons. The van der Waals surface area contributed by atoms with Crippen LogP contribution in [0.1, 0.15) is 23.7 Å². The predicted molar refractivity (Wildman–Crippen MR) is 78.7 cm³/mol. The van der Waals surface area contributed by atoms with E-state index in [9.17, 15) is 14.0 Å². The van der Waals surface area contributed by atoms with Gasteiger partial charge >= 0.3 is 5.97 Å². The normalized spacial score (nSPS) is 10.1. The Balaban J connectivity index is 2.98. The lowest BCUT2D eigenvalue weighted by atomic mass is 10.1. The highest BCUT2D eigenvalue weighted by Crippen LogP contribution is 2.25. The Morgan fingerprint density at radius 3 is 2.67 bits per heavy atom. The minimum Gasteiger partial charge on any atom is -0.462 e. The van der Waals surface area contributed by atoms with Crippen molar-refractivity contribution >= 4 is 23.3 Å². The molecule has 1 amide bonds. The first-order chi connectivity index (χ1) is 9.90. The fourth-order valence-electron chi connectivity index (χ4n) is 1.77. The Hall–Kier alpha value is -2.31. The molecule has 1 aromatic carbocycles. The second kappa shape index (κ2) is 7.47. The maximum absolute atomic E-state index is 14.0. The number of amides is 1. The third-order valence-corrected chi connectivity index (χ3v) is 2.98. The monoisotopic (exact) mass is 297 g/mol. The average molecular weight is 297 g/mol. The van der Waals surface area contributed by atoms with E-state index >= 15 is 0 Å². The molecule has 0 radical (unpaired) electrons. The summed E-state index contributed by atoms with van der Waals surface area (Å²) in [4.78, 5) is 24.5. The number of hydrogen-bond acceptors (Lipinski definition) is 5. The quantitative estimate of drug-likeness (QED) is 0.608. The second-order valence-electron chi connectivity index (χ2n) is 4.46. The van der Waals surface area contributed by atoms with Crippen molar-refractivity contribution in [2.45, 2.75) is 13.3 Å². The van der Waals surface area contributed by atoms with Crippen LogP contribution in [0.25, 0.3) is 0 Å². The van der Waals surface area contributed by atoms with Crippen molar-refractivity contribution in [2.24, 2.45) is 0 Å². The third kappa shape index (κ3) is 4.34. The summed E-state index contributed by atoms with van der Waals surface area (Å²) in [7, 11) is 3.16. The fourth-order valence-corrected chi connectivity index (χ4v) is 1.77. The number of nitrogen functional groups attached to an aromatic ring is 1. The van der Waals surface area contributed by atoms with Crippen molar-refractivity contribution in [2.75, 3.05) is 37.9 Å². The van der Waals surface area contributed by atoms with Crippen LogP contribution in [-0.2, 0) is 9.53 Å². The smallest absolute Gasteiger partial charge is 0.340 e. The van der Waals surface area contributed by atoms with E-state index in [0.29, 0.717) is 6.54 Å². The molecule has 0 spiro atoms. The van der Waals surface area contributed by atoms with Crippen LogP contribution in [0, 0.1) is 5.82 Å². The maximum atomic E-state index is 14.0. The number of nitrogens with zero attached hydrogens (tertiary/aromatic N) is 1. The molecule has 0 aliphatic rings. The van der Waals surface area contributed by atoms with E-state index in [1.165, 1.54) is 13.1 Å². The summed E-state index contributed by atoms with van der Waals surface area (Å²) in [5.41, 5.74) is 5.97. The number of halogens is 1. The molecule has 3 N–H and O–H groups in total. The molecule has 0 heterocycles. The van der Waals surface area contributed by atoms with Gasteiger partial charge in [0.15, 0.2) is 0 Å². The van der Waals surface area contributed by atoms with Crippen LogP contribution in [0.3, 0.4) is 0 Å². The van der Waals surface area contributed by atoms with Crippen LogP contribution >= 0.6 is 0 Å². The SMILES string of the molecule is CCOC(=O)c1cc(N(C)CCC(=O)NC)c(F)cc1N. The van der Waals surface area contributed by atoms with Gasteiger partial charge < -0.3 is 20.7 Å². The van der Waals surface area contributed by atoms with Crippen molar-refractivity contribution in [3.8, 4) is 0 Å². The lowest BCUT2D eigenvalue weighted by molar-refractivity contribution is -0.120. The van der Waals surface area contributed by atoms with Crippen LogP contribution in [0.4, 0.5) is 15.8 Å². The van der Waals surface area contributed by atoms with Crippen molar-refractivity contribution < 1.29 is 18.7 Å². The first-order valence-corrected chi connectivity index (χ1v) is 6.58. The highest BCUT2D eigenvalue weighted by atomic mass is 19.1. The van der Waals surface area contributed by atoms with Crippen LogP contribution < -0.4 is 16.0 Å². The molecule has 21 heavy (non-hydrogen) atoms. The summed E-state index contributed by atoms with van der Waals surface area (Å²) in [5, 5.41) is 2.49. The predicted octanol–water partition coefficient (Wildman–Crippen LogP) is 1.16. The zero-order valence-electron chi connectivity index (χ0n) is 12.4. The molecule has 0 aromatic heterocycles. The summed E-state index contributed by atoms with van der Waals surface area (Å²) >= 11 is 0. The van der Waals surface area contributed by atoms with Gasteiger partial charge in [-0.2, -0.15) is 0 Å². The zero-order valence-corrected chi connectivity index (χ0v) is 12.4. The molecule has 0 saturated carbocycles. The van der Waals surface area contributed by atoms with Crippen LogP contribution in [0.15, 0.2) is 12.1 Å². The van der Waals surface area contributed by atoms with Gasteiger partial charge in [-0.3, -0.25) is 4.79 Å². The van der Waals surface area contributed by atoms with Gasteiger partial charge in [0.1, 0.15) is 5.82 Å². The van der Waals surface area contributed by atoms with Crippen molar-refractivity contribution in [3.63, 3.8) is 0 Å². The van der Waals surface area contributed by atoms with E-state index in [0.717, 1.165) is 6.07 Å². The van der Waals surface area contributed by atoms with Crippen LogP contribution in [-0.4, -0.2) is 39.1 Å². The average Bonchev–Trinajstić information content (AvgIpc) is 2.44. The number of ether oxygens (including phenoxy) is 1. The van der Waals surface area contributed by atoms with Crippen molar-refractivity contribution in [1.82, 2.24) is 5.32 Å². The number of rotatable bonds is 6. The summed E-state index contributed by atoms with van der Waals surface area (Å²) < 4.78 is 18.8. The Bertz CT molecular complexity index is 534. The summed E-state index contributed by atoms with van der Waals surface area (Å²) in [6.07, 6.45) is 0.214. The molecular formula is C14H20FN3O3. The topological polar surface area (TPSA) is 84.7 Å². The lowest BCUT2D eigenvalue weighted by Gasteiger charge is -2.20. The number of anilines is 2. The van der Waals surface area contributed by atoms with Gasteiger partial charge in [-0.25, -0.2) is 9.18 Å². The lowest BCUT2D eigenvalue weighted by Crippen LogP contribution is -2.27. The Labute approximate surface area is 123 Å². The number of hydrogen-bond donors (Lipinski definition) is 2. The second-order valence-corrected chi connectivity index (χ2v) is 4.46. The molecular weight excluding hydrogens is 277 g/mol. The van der Waals surface area contributed by atoms with Gasteiger partial charge in [-0.05, 0) is 19.1 Å². The van der Waals surface area contributed by atoms with Crippen LogP contribution in [0.5, 0.6) is 0 Å². The number of carbonyl (C=O) groups is 2. The number of carbonyl (C=O) groups excluding carboxylic acids is 2. The molecule has 0 bridgehead atoms. The summed E-state index contributed by atoms with van der Waals surface area (Å²) in [5.74, 6) is -1.31. The first kappa shape index (κ1) is 16.7. The van der Waals surface area contributed by atoms with Gasteiger partial charge in [-0.1, -0.05) is 0 Å². The zero-order chi connectivity index (χ0) is 16.0. The molecule has 0 fully saturated rings. The molecule has 6 nitrogen and oxygen atoms in total. The van der Waals surface area contributed by atoms with E-state index in [2.05, 4.69) is 5.32 Å². The number of benzene rings is 1. The van der Waals surface area contributed by atoms with E-state index < -0.39 is 11.8 Å². The Kier molecular flexibility index (Phi) is 5.95.